The fraction of sp³-hybridized carbons (Fsp3) is 0.0714. The van der Waals surface area contributed by atoms with Crippen LogP contribution in [0.4, 0.5) is 17.1 Å². The number of nitro groups is 2. The number of anilines is 1. The highest BCUT2D eigenvalue weighted by molar-refractivity contribution is 6.33. The maximum Gasteiger partial charge on any atom is 0.288 e. The molecule has 0 aliphatic carbocycles. The third-order valence-electron chi connectivity index (χ3n) is 3.06. The maximum absolute atomic E-state index is 12.2. The fourth-order valence-corrected chi connectivity index (χ4v) is 2.13. The minimum absolute atomic E-state index is 0.0908. The van der Waals surface area contributed by atoms with E-state index in [9.17, 15) is 25.0 Å². The number of aryl methyl sites for hydroxylation is 1. The Morgan fingerprint density at radius 1 is 1.13 bits per heavy atom. The summed E-state index contributed by atoms with van der Waals surface area (Å²) in [5.74, 6) is -0.582. The third-order valence-corrected chi connectivity index (χ3v) is 3.36. The molecule has 0 aliphatic heterocycles. The molecule has 9 heteroatoms. The molecular formula is C14H10ClN3O5. The second-order valence-electron chi connectivity index (χ2n) is 4.64. The molecule has 1 N–H and O–H groups in total. The number of nitrogens with one attached hydrogen (secondary N) is 1. The number of carbonyl (C=O) groups excluding carboxylic acids is 1. The van der Waals surface area contributed by atoms with Gasteiger partial charge in [0, 0.05) is 29.4 Å². The molecule has 0 fully saturated rings. The lowest BCUT2D eigenvalue weighted by atomic mass is 10.1. The normalized spacial score (nSPS) is 10.2. The zero-order valence-corrected chi connectivity index (χ0v) is 12.5. The number of hydrogen-bond donors (Lipinski definition) is 1. The topological polar surface area (TPSA) is 115 Å². The first kappa shape index (κ1) is 16.4. The molecule has 0 bridgehead atoms. The molecule has 0 radical (unpaired) electrons. The van der Waals surface area contributed by atoms with Crippen LogP contribution >= 0.6 is 11.6 Å². The Balaban J connectivity index is 2.30. The lowest BCUT2D eigenvalue weighted by molar-refractivity contribution is -0.385. The minimum Gasteiger partial charge on any atom is -0.322 e. The highest BCUT2D eigenvalue weighted by Crippen LogP contribution is 2.30. The van der Waals surface area contributed by atoms with Crippen LogP contribution in [-0.2, 0) is 0 Å². The van der Waals surface area contributed by atoms with Gasteiger partial charge in [-0.1, -0.05) is 17.7 Å². The standard InChI is InChI=1S/C14H10ClN3O5/c1-8-5-13(18(22)23)11(15)7-12(8)16-14(19)9-3-2-4-10(6-9)17(20)21/h2-7H,1H3,(H,16,19). The lowest BCUT2D eigenvalue weighted by Gasteiger charge is -2.09. The van der Waals surface area contributed by atoms with Crippen molar-refractivity contribution in [2.24, 2.45) is 0 Å². The number of carbonyl (C=O) groups is 1. The van der Waals surface area contributed by atoms with Crippen molar-refractivity contribution in [3.05, 3.63) is 72.8 Å². The molecule has 2 rings (SSSR count). The number of halogens is 1. The molecule has 0 aliphatic rings. The highest BCUT2D eigenvalue weighted by Gasteiger charge is 2.17. The number of rotatable bonds is 4. The lowest BCUT2D eigenvalue weighted by Crippen LogP contribution is -2.13. The van der Waals surface area contributed by atoms with E-state index >= 15 is 0 Å². The van der Waals surface area contributed by atoms with Crippen LogP contribution in [0.1, 0.15) is 15.9 Å². The molecule has 0 saturated carbocycles. The van der Waals surface area contributed by atoms with Crippen molar-refractivity contribution in [3.8, 4) is 0 Å². The monoisotopic (exact) mass is 335 g/mol. The van der Waals surface area contributed by atoms with Crippen LogP contribution in [0, 0.1) is 27.2 Å². The van der Waals surface area contributed by atoms with Crippen LogP contribution in [0.3, 0.4) is 0 Å². The quantitative estimate of drug-likeness (QED) is 0.675. The van der Waals surface area contributed by atoms with Gasteiger partial charge in [0.2, 0.25) is 0 Å². The van der Waals surface area contributed by atoms with Crippen molar-refractivity contribution in [2.45, 2.75) is 6.92 Å². The summed E-state index contributed by atoms with van der Waals surface area (Å²) in [7, 11) is 0. The summed E-state index contributed by atoms with van der Waals surface area (Å²) in [6, 6.07) is 7.73. The van der Waals surface area contributed by atoms with Gasteiger partial charge < -0.3 is 5.32 Å². The largest absolute Gasteiger partial charge is 0.322 e. The van der Waals surface area contributed by atoms with E-state index in [1.165, 1.54) is 30.3 Å². The average Bonchev–Trinajstić information content (AvgIpc) is 2.50. The van der Waals surface area contributed by atoms with Gasteiger partial charge in [-0.3, -0.25) is 25.0 Å². The second-order valence-corrected chi connectivity index (χ2v) is 5.04. The molecule has 118 valence electrons. The van der Waals surface area contributed by atoms with Gasteiger partial charge >= 0.3 is 0 Å². The molecule has 8 nitrogen and oxygen atoms in total. The number of non-ortho nitro benzene ring substituents is 1. The molecule has 0 aromatic heterocycles. The Hall–Kier alpha value is -3.00. The highest BCUT2D eigenvalue weighted by atomic mass is 35.5. The van der Waals surface area contributed by atoms with Gasteiger partial charge in [-0.2, -0.15) is 0 Å². The number of amides is 1. The summed E-state index contributed by atoms with van der Waals surface area (Å²) in [6.07, 6.45) is 0. The van der Waals surface area contributed by atoms with Gasteiger partial charge in [-0.05, 0) is 24.6 Å². The Morgan fingerprint density at radius 2 is 1.83 bits per heavy atom. The molecular weight excluding hydrogens is 326 g/mol. The van der Waals surface area contributed by atoms with Crippen LogP contribution in [0.5, 0.6) is 0 Å². The Bertz CT molecular complexity index is 822. The summed E-state index contributed by atoms with van der Waals surface area (Å²) in [5, 5.41) is 23.9. The fourth-order valence-electron chi connectivity index (χ4n) is 1.90. The van der Waals surface area contributed by atoms with Gasteiger partial charge in [0.1, 0.15) is 5.02 Å². The molecule has 0 atom stereocenters. The minimum atomic E-state index is -0.624. The van der Waals surface area contributed by atoms with E-state index in [0.717, 1.165) is 6.07 Å². The summed E-state index contributed by atoms with van der Waals surface area (Å²) >= 11 is 5.81. The van der Waals surface area contributed by atoms with Crippen LogP contribution in [-0.4, -0.2) is 15.8 Å². The average molecular weight is 336 g/mol. The number of hydrogen-bond acceptors (Lipinski definition) is 5. The Labute approximate surface area is 135 Å². The van der Waals surface area contributed by atoms with E-state index in [4.69, 9.17) is 11.6 Å². The van der Waals surface area contributed by atoms with Gasteiger partial charge in [0.15, 0.2) is 0 Å². The Morgan fingerprint density at radius 3 is 2.43 bits per heavy atom. The van der Waals surface area contributed by atoms with Gasteiger partial charge in [-0.15, -0.1) is 0 Å². The smallest absolute Gasteiger partial charge is 0.288 e. The van der Waals surface area contributed by atoms with Crippen LogP contribution < -0.4 is 5.32 Å². The molecule has 2 aromatic carbocycles. The molecule has 0 unspecified atom stereocenters. The van der Waals surface area contributed by atoms with E-state index in [1.807, 2.05) is 0 Å². The summed E-state index contributed by atoms with van der Waals surface area (Å²) in [4.78, 5) is 32.5. The van der Waals surface area contributed by atoms with Crippen molar-refractivity contribution in [3.63, 3.8) is 0 Å². The first-order valence-corrected chi connectivity index (χ1v) is 6.67. The number of nitro benzene ring substituents is 2. The van der Waals surface area contributed by atoms with Gasteiger partial charge in [0.05, 0.1) is 9.85 Å². The predicted molar refractivity (Wildman–Crippen MR) is 83.9 cm³/mol. The molecule has 23 heavy (non-hydrogen) atoms. The van der Waals surface area contributed by atoms with E-state index in [2.05, 4.69) is 5.32 Å². The van der Waals surface area contributed by atoms with Crippen molar-refractivity contribution in [2.75, 3.05) is 5.32 Å². The van der Waals surface area contributed by atoms with Gasteiger partial charge in [-0.25, -0.2) is 0 Å². The summed E-state index contributed by atoms with van der Waals surface area (Å²) in [5.41, 5.74) is 0.346. The van der Waals surface area contributed by atoms with Gasteiger partial charge in [0.25, 0.3) is 17.3 Å². The first-order valence-electron chi connectivity index (χ1n) is 6.30. The van der Waals surface area contributed by atoms with E-state index < -0.39 is 15.8 Å². The van der Waals surface area contributed by atoms with E-state index in [1.54, 1.807) is 6.92 Å². The number of nitrogens with zero attached hydrogens (tertiary/aromatic N) is 2. The Kier molecular flexibility index (Phi) is 4.56. The molecule has 0 spiro atoms. The van der Waals surface area contributed by atoms with Crippen molar-refractivity contribution in [1.82, 2.24) is 0 Å². The SMILES string of the molecule is Cc1cc([N+](=O)[O-])c(Cl)cc1NC(=O)c1cccc([N+](=O)[O-])c1. The number of benzene rings is 2. The maximum atomic E-state index is 12.2. The molecule has 0 heterocycles. The van der Waals surface area contributed by atoms with Crippen LogP contribution in [0.2, 0.25) is 5.02 Å². The van der Waals surface area contributed by atoms with Crippen molar-refractivity contribution in [1.29, 1.82) is 0 Å². The predicted octanol–water partition coefficient (Wildman–Crippen LogP) is 3.72. The molecule has 0 saturated heterocycles. The molecule has 2 aromatic rings. The summed E-state index contributed by atoms with van der Waals surface area (Å²) < 4.78 is 0. The molecule has 1 amide bonds. The zero-order valence-electron chi connectivity index (χ0n) is 11.8. The summed E-state index contributed by atoms with van der Waals surface area (Å²) in [6.45, 7) is 1.58. The van der Waals surface area contributed by atoms with Crippen molar-refractivity contribution >= 4 is 34.6 Å². The van der Waals surface area contributed by atoms with Crippen LogP contribution in [0.15, 0.2) is 36.4 Å². The van der Waals surface area contributed by atoms with E-state index in [-0.39, 0.29) is 27.6 Å². The van der Waals surface area contributed by atoms with E-state index in [0.29, 0.717) is 5.56 Å². The first-order chi connectivity index (χ1) is 10.8. The van der Waals surface area contributed by atoms with Crippen LogP contribution in [0.25, 0.3) is 0 Å². The third kappa shape index (κ3) is 3.61. The second kappa shape index (κ2) is 6.41. The zero-order chi connectivity index (χ0) is 17.1. The van der Waals surface area contributed by atoms with Crippen molar-refractivity contribution < 1.29 is 14.6 Å².